The molecule has 0 bridgehead atoms. The molecule has 2 aliphatic rings. The topological polar surface area (TPSA) is 116 Å². The van der Waals surface area contributed by atoms with E-state index in [2.05, 4.69) is 16.4 Å². The highest BCUT2D eigenvalue weighted by Gasteiger charge is 2.31. The summed E-state index contributed by atoms with van der Waals surface area (Å²) in [5, 5.41) is 11.9. The molecule has 1 aromatic heterocycles. The molecular formula is C34H36FN5O4. The molecule has 44 heavy (non-hydrogen) atoms. The Balaban J connectivity index is 1.09. The van der Waals surface area contributed by atoms with Crippen molar-refractivity contribution in [2.45, 2.75) is 44.9 Å². The summed E-state index contributed by atoms with van der Waals surface area (Å²) in [7, 11) is 1.58. The van der Waals surface area contributed by atoms with Gasteiger partial charge in [0.25, 0.3) is 11.8 Å². The standard InChI is InChI=1S/C34H36FN5O4/c1-22-17-23(3-4-26(22)18-36)20-39-14-13-30(29(35)21-39)38-33(42)27-7-10-31(37-19-27)34(43)40-15-11-25(12-16-40)32(41)24-5-8-28(44-2)9-6-24/h3-10,17,19,25,29-30H,11-16,20-21H2,1-2H3,(H,38,42). The van der Waals surface area contributed by atoms with Gasteiger partial charge in [0.2, 0.25) is 0 Å². The molecule has 2 unspecified atom stereocenters. The van der Waals surface area contributed by atoms with Crippen molar-refractivity contribution in [2.75, 3.05) is 33.3 Å². The van der Waals surface area contributed by atoms with Crippen molar-refractivity contribution in [3.63, 3.8) is 0 Å². The third-order valence-electron chi connectivity index (χ3n) is 8.53. The van der Waals surface area contributed by atoms with Gasteiger partial charge in [-0.05, 0) is 79.8 Å². The molecule has 2 aromatic carbocycles. The number of nitrogens with zero attached hydrogens (tertiary/aromatic N) is 4. The van der Waals surface area contributed by atoms with E-state index in [4.69, 9.17) is 10.00 Å². The van der Waals surface area contributed by atoms with Crippen molar-refractivity contribution in [2.24, 2.45) is 5.92 Å². The number of aryl methyl sites for hydroxylation is 1. The number of methoxy groups -OCH3 is 1. The number of carbonyl (C=O) groups is 3. The van der Waals surface area contributed by atoms with E-state index in [0.717, 1.165) is 11.1 Å². The van der Waals surface area contributed by atoms with Crippen molar-refractivity contribution < 1.29 is 23.5 Å². The average molecular weight is 598 g/mol. The molecule has 2 atom stereocenters. The molecule has 0 spiro atoms. The lowest BCUT2D eigenvalue weighted by atomic mass is 9.88. The zero-order chi connectivity index (χ0) is 31.2. The highest BCUT2D eigenvalue weighted by Crippen LogP contribution is 2.24. The van der Waals surface area contributed by atoms with Crippen LogP contribution in [0.3, 0.4) is 0 Å². The fraction of sp³-hybridized carbons (Fsp3) is 0.382. The molecule has 5 rings (SSSR count). The SMILES string of the molecule is COc1ccc(C(=O)C2CCN(C(=O)c3ccc(C(=O)NC4CCN(Cc5ccc(C#N)c(C)c5)CC4F)cn3)CC2)cc1. The van der Waals surface area contributed by atoms with Gasteiger partial charge in [-0.3, -0.25) is 24.3 Å². The number of aromatic nitrogens is 1. The van der Waals surface area contributed by atoms with Crippen LogP contribution in [0.25, 0.3) is 0 Å². The van der Waals surface area contributed by atoms with E-state index in [1.54, 1.807) is 42.3 Å². The number of nitrogens with one attached hydrogen (secondary N) is 1. The maximum absolute atomic E-state index is 15.1. The molecular weight excluding hydrogens is 561 g/mol. The molecule has 3 aromatic rings. The van der Waals surface area contributed by atoms with Crippen LogP contribution in [0.4, 0.5) is 4.39 Å². The van der Waals surface area contributed by atoms with Gasteiger partial charge >= 0.3 is 0 Å². The molecule has 3 heterocycles. The number of benzene rings is 2. The predicted molar refractivity (Wildman–Crippen MR) is 162 cm³/mol. The number of alkyl halides is 1. The number of likely N-dealkylation sites (tertiary alicyclic amines) is 2. The minimum atomic E-state index is -1.24. The lowest BCUT2D eigenvalue weighted by Crippen LogP contribution is -2.52. The van der Waals surface area contributed by atoms with Gasteiger partial charge in [0.1, 0.15) is 17.6 Å². The second kappa shape index (κ2) is 13.8. The number of ether oxygens (including phenoxy) is 1. The number of piperidine rings is 2. The molecule has 10 heteroatoms. The second-order valence-corrected chi connectivity index (χ2v) is 11.5. The van der Waals surface area contributed by atoms with E-state index in [1.165, 1.54) is 18.3 Å². The third-order valence-corrected chi connectivity index (χ3v) is 8.53. The monoisotopic (exact) mass is 597 g/mol. The van der Waals surface area contributed by atoms with E-state index in [9.17, 15) is 14.4 Å². The summed E-state index contributed by atoms with van der Waals surface area (Å²) in [6.45, 7) is 4.16. The van der Waals surface area contributed by atoms with Gasteiger partial charge < -0.3 is 15.0 Å². The molecule has 9 nitrogen and oxygen atoms in total. The summed E-state index contributed by atoms with van der Waals surface area (Å²) in [6, 6.07) is 17.3. The van der Waals surface area contributed by atoms with Crippen LogP contribution in [0, 0.1) is 24.2 Å². The van der Waals surface area contributed by atoms with Crippen LogP contribution in [0.1, 0.15) is 67.2 Å². The molecule has 2 amide bonds. The van der Waals surface area contributed by atoms with Gasteiger partial charge in [0.15, 0.2) is 5.78 Å². The van der Waals surface area contributed by atoms with Crippen LogP contribution in [0.5, 0.6) is 5.75 Å². The highest BCUT2D eigenvalue weighted by atomic mass is 19.1. The number of hydrogen-bond donors (Lipinski definition) is 1. The predicted octanol–water partition coefficient (Wildman–Crippen LogP) is 4.35. The number of nitriles is 1. The molecule has 2 fully saturated rings. The van der Waals surface area contributed by atoms with Gasteiger partial charge in [0, 0.05) is 50.4 Å². The molecule has 228 valence electrons. The van der Waals surface area contributed by atoms with Crippen molar-refractivity contribution >= 4 is 17.6 Å². The van der Waals surface area contributed by atoms with Gasteiger partial charge in [0.05, 0.1) is 30.3 Å². The van der Waals surface area contributed by atoms with Gasteiger partial charge in [-0.2, -0.15) is 5.26 Å². The lowest BCUT2D eigenvalue weighted by molar-refractivity contribution is 0.0645. The Kier molecular flexibility index (Phi) is 9.65. The number of rotatable bonds is 8. The zero-order valence-corrected chi connectivity index (χ0v) is 25.0. The molecule has 1 N–H and O–H groups in total. The Labute approximate surface area is 256 Å². The molecule has 2 saturated heterocycles. The van der Waals surface area contributed by atoms with Crippen LogP contribution < -0.4 is 10.1 Å². The maximum Gasteiger partial charge on any atom is 0.272 e. The molecule has 2 aliphatic heterocycles. The smallest absolute Gasteiger partial charge is 0.272 e. The van der Waals surface area contributed by atoms with E-state index in [-0.39, 0.29) is 35.4 Å². The van der Waals surface area contributed by atoms with Crippen molar-refractivity contribution in [3.8, 4) is 11.8 Å². The molecule has 0 radical (unpaired) electrons. The Morgan fingerprint density at radius 3 is 2.36 bits per heavy atom. The number of amides is 2. The molecule has 0 aliphatic carbocycles. The summed E-state index contributed by atoms with van der Waals surface area (Å²) < 4.78 is 20.2. The summed E-state index contributed by atoms with van der Waals surface area (Å²) in [5.41, 5.74) is 3.65. The third kappa shape index (κ3) is 7.12. The van der Waals surface area contributed by atoms with E-state index in [0.29, 0.717) is 62.3 Å². The largest absolute Gasteiger partial charge is 0.497 e. The molecule has 0 saturated carbocycles. The number of Topliss-reactive ketones (excluding diaryl/α,β-unsaturated/α-hetero) is 1. The number of ketones is 1. The second-order valence-electron chi connectivity index (χ2n) is 11.5. The van der Waals surface area contributed by atoms with Gasteiger partial charge in [-0.15, -0.1) is 0 Å². The Hall–Kier alpha value is -4.62. The number of hydrogen-bond acceptors (Lipinski definition) is 7. The van der Waals surface area contributed by atoms with Gasteiger partial charge in [-0.1, -0.05) is 12.1 Å². The zero-order valence-electron chi connectivity index (χ0n) is 25.0. The Bertz CT molecular complexity index is 1550. The van der Waals surface area contributed by atoms with Crippen LogP contribution in [0.2, 0.25) is 0 Å². The van der Waals surface area contributed by atoms with E-state index in [1.807, 2.05) is 24.0 Å². The normalized spacial score (nSPS) is 19.2. The van der Waals surface area contributed by atoms with E-state index < -0.39 is 18.1 Å². The average Bonchev–Trinajstić information content (AvgIpc) is 3.05. The summed E-state index contributed by atoms with van der Waals surface area (Å²) in [5.74, 6) is -0.0786. The first kappa shape index (κ1) is 30.8. The fourth-order valence-corrected chi connectivity index (χ4v) is 5.89. The number of carbonyl (C=O) groups excluding carboxylic acids is 3. The first-order valence-electron chi connectivity index (χ1n) is 14.9. The van der Waals surface area contributed by atoms with Crippen LogP contribution in [-0.4, -0.2) is 77.9 Å². The first-order chi connectivity index (χ1) is 21.2. The Morgan fingerprint density at radius 2 is 1.75 bits per heavy atom. The fourth-order valence-electron chi connectivity index (χ4n) is 5.89. The maximum atomic E-state index is 15.1. The van der Waals surface area contributed by atoms with Crippen LogP contribution in [-0.2, 0) is 6.54 Å². The Morgan fingerprint density at radius 1 is 1.02 bits per heavy atom. The number of pyridine rings is 1. The van der Waals surface area contributed by atoms with Crippen molar-refractivity contribution in [1.82, 2.24) is 20.1 Å². The quantitative estimate of drug-likeness (QED) is 0.384. The summed E-state index contributed by atoms with van der Waals surface area (Å²) in [4.78, 5) is 46.8. The lowest BCUT2D eigenvalue weighted by Gasteiger charge is -2.35. The van der Waals surface area contributed by atoms with E-state index >= 15 is 4.39 Å². The first-order valence-corrected chi connectivity index (χ1v) is 14.9. The van der Waals surface area contributed by atoms with Gasteiger partial charge in [-0.25, -0.2) is 4.39 Å². The summed E-state index contributed by atoms with van der Waals surface area (Å²) in [6.07, 6.45) is 1.70. The minimum absolute atomic E-state index is 0.0656. The summed E-state index contributed by atoms with van der Waals surface area (Å²) >= 11 is 0. The van der Waals surface area contributed by atoms with Crippen LogP contribution >= 0.6 is 0 Å². The highest BCUT2D eigenvalue weighted by molar-refractivity contribution is 5.99. The van der Waals surface area contributed by atoms with Crippen molar-refractivity contribution in [1.29, 1.82) is 5.26 Å². The van der Waals surface area contributed by atoms with Crippen LogP contribution in [0.15, 0.2) is 60.8 Å². The van der Waals surface area contributed by atoms with Crippen molar-refractivity contribution in [3.05, 3.63) is 94.3 Å². The number of halogens is 1. The minimum Gasteiger partial charge on any atom is -0.497 e.